The van der Waals surface area contributed by atoms with Crippen molar-refractivity contribution in [3.63, 3.8) is 0 Å². The molecule has 0 N–H and O–H groups in total. The highest BCUT2D eigenvalue weighted by atomic mass is 14.9. The van der Waals surface area contributed by atoms with Crippen LogP contribution in [0.1, 0.15) is 45.1 Å². The summed E-state index contributed by atoms with van der Waals surface area (Å²) in [7, 11) is 0. The Hall–Kier alpha value is -1.24. The number of rotatable bonds is 6. The van der Waals surface area contributed by atoms with Gasteiger partial charge in [0, 0.05) is 18.3 Å². The number of hydrogen-bond acceptors (Lipinski definition) is 0. The van der Waals surface area contributed by atoms with Gasteiger partial charge in [0.1, 0.15) is 0 Å². The first kappa shape index (κ1) is 12.2. The van der Waals surface area contributed by atoms with Gasteiger partial charge in [-0.3, -0.25) is 0 Å². The summed E-state index contributed by atoms with van der Waals surface area (Å²) in [5.74, 6) is 0. The van der Waals surface area contributed by atoms with Gasteiger partial charge in [-0.2, -0.15) is 0 Å². The van der Waals surface area contributed by atoms with Crippen LogP contribution in [0.25, 0.3) is 10.9 Å². The van der Waals surface area contributed by atoms with Gasteiger partial charge >= 0.3 is 0 Å². The summed E-state index contributed by atoms with van der Waals surface area (Å²) in [5.41, 5.74) is 2.82. The summed E-state index contributed by atoms with van der Waals surface area (Å²) in [6.07, 6.45) is 8.68. The van der Waals surface area contributed by atoms with Crippen LogP contribution >= 0.6 is 0 Å². The van der Waals surface area contributed by atoms with Gasteiger partial charge in [-0.15, -0.1) is 0 Å². The summed E-state index contributed by atoms with van der Waals surface area (Å²) in [4.78, 5) is 0. The lowest BCUT2D eigenvalue weighted by molar-refractivity contribution is 0.593. The highest BCUT2D eigenvalue weighted by Gasteiger charge is 2.01. The van der Waals surface area contributed by atoms with Gasteiger partial charge in [-0.25, -0.2) is 0 Å². The molecule has 1 aromatic heterocycles. The molecule has 0 fully saturated rings. The zero-order chi connectivity index (χ0) is 12.1. The molecule has 0 aliphatic rings. The molecule has 0 spiro atoms. The topological polar surface area (TPSA) is 4.93 Å². The predicted molar refractivity (Wildman–Crippen MR) is 75.5 cm³/mol. The molecule has 0 amide bonds. The molecule has 0 radical (unpaired) electrons. The number of unbranched alkanes of at least 4 members (excludes halogenated alkanes) is 3. The summed E-state index contributed by atoms with van der Waals surface area (Å²) in [6.45, 7) is 5.63. The molecule has 0 unspecified atom stereocenters. The molecule has 17 heavy (non-hydrogen) atoms. The molecule has 92 valence electrons. The Balaban J connectivity index is 2.08. The SMILES string of the molecule is CCCCCCn1ccc2cc(CC)ccc21. The fourth-order valence-electron chi connectivity index (χ4n) is 2.37. The normalized spacial score (nSPS) is 11.2. The number of aryl methyl sites for hydroxylation is 2. The van der Waals surface area contributed by atoms with Crippen LogP contribution in [0.15, 0.2) is 30.5 Å². The Morgan fingerprint density at radius 2 is 1.88 bits per heavy atom. The van der Waals surface area contributed by atoms with Crippen molar-refractivity contribution in [1.82, 2.24) is 4.57 Å². The van der Waals surface area contributed by atoms with Crippen molar-refractivity contribution in [2.45, 2.75) is 52.5 Å². The Morgan fingerprint density at radius 1 is 1.00 bits per heavy atom. The van der Waals surface area contributed by atoms with Crippen LogP contribution in [0.5, 0.6) is 0 Å². The van der Waals surface area contributed by atoms with E-state index in [9.17, 15) is 0 Å². The lowest BCUT2D eigenvalue weighted by Crippen LogP contribution is -1.95. The highest BCUT2D eigenvalue weighted by molar-refractivity contribution is 5.80. The number of nitrogens with zero attached hydrogens (tertiary/aromatic N) is 1. The standard InChI is InChI=1S/C16H23N/c1-3-5-6-7-11-17-12-10-15-13-14(4-2)8-9-16(15)17/h8-10,12-13H,3-7,11H2,1-2H3. The minimum Gasteiger partial charge on any atom is -0.347 e. The average molecular weight is 229 g/mol. The van der Waals surface area contributed by atoms with Crippen molar-refractivity contribution < 1.29 is 0 Å². The van der Waals surface area contributed by atoms with E-state index in [0.717, 1.165) is 13.0 Å². The molecule has 0 atom stereocenters. The summed E-state index contributed by atoms with van der Waals surface area (Å²) >= 11 is 0. The Morgan fingerprint density at radius 3 is 2.65 bits per heavy atom. The third-order valence-corrected chi connectivity index (χ3v) is 3.50. The lowest BCUT2D eigenvalue weighted by atomic mass is 10.1. The van der Waals surface area contributed by atoms with Crippen molar-refractivity contribution in [3.8, 4) is 0 Å². The van der Waals surface area contributed by atoms with Gasteiger partial charge < -0.3 is 4.57 Å². The van der Waals surface area contributed by atoms with Gasteiger partial charge in [0.2, 0.25) is 0 Å². The first-order valence-corrected chi connectivity index (χ1v) is 6.93. The van der Waals surface area contributed by atoms with Crippen LogP contribution < -0.4 is 0 Å². The maximum Gasteiger partial charge on any atom is 0.0480 e. The summed E-state index contributed by atoms with van der Waals surface area (Å²) in [5, 5.41) is 1.39. The van der Waals surface area contributed by atoms with E-state index < -0.39 is 0 Å². The van der Waals surface area contributed by atoms with Gasteiger partial charge in [0.15, 0.2) is 0 Å². The number of aromatic nitrogens is 1. The van der Waals surface area contributed by atoms with Crippen LogP contribution in [-0.4, -0.2) is 4.57 Å². The molecule has 0 saturated heterocycles. The molecule has 1 heteroatoms. The Labute approximate surface area is 104 Å². The minimum atomic E-state index is 1.12. The fourth-order valence-corrected chi connectivity index (χ4v) is 2.37. The monoisotopic (exact) mass is 229 g/mol. The maximum absolute atomic E-state index is 2.39. The van der Waals surface area contributed by atoms with E-state index in [1.807, 2.05) is 0 Å². The molecule has 0 saturated carbocycles. The molecule has 0 aliphatic heterocycles. The summed E-state index contributed by atoms with van der Waals surface area (Å²) < 4.78 is 2.39. The number of fused-ring (bicyclic) bond motifs is 1. The second-order valence-corrected chi connectivity index (χ2v) is 4.82. The Bertz CT molecular complexity index is 467. The van der Waals surface area contributed by atoms with E-state index in [4.69, 9.17) is 0 Å². The minimum absolute atomic E-state index is 1.12. The van der Waals surface area contributed by atoms with Gasteiger partial charge in [0.25, 0.3) is 0 Å². The first-order chi connectivity index (χ1) is 8.35. The Kier molecular flexibility index (Phi) is 4.24. The maximum atomic E-state index is 2.39. The van der Waals surface area contributed by atoms with Crippen LogP contribution in [0, 0.1) is 0 Å². The van der Waals surface area contributed by atoms with Gasteiger partial charge in [0.05, 0.1) is 0 Å². The summed E-state index contributed by atoms with van der Waals surface area (Å²) in [6, 6.07) is 9.09. The van der Waals surface area contributed by atoms with Crippen LogP contribution in [0.2, 0.25) is 0 Å². The highest BCUT2D eigenvalue weighted by Crippen LogP contribution is 2.18. The molecule has 1 nitrogen and oxygen atoms in total. The first-order valence-electron chi connectivity index (χ1n) is 6.93. The quantitative estimate of drug-likeness (QED) is 0.628. The third kappa shape index (κ3) is 2.91. The van der Waals surface area contributed by atoms with E-state index in [2.05, 4.69) is 48.9 Å². The van der Waals surface area contributed by atoms with E-state index in [-0.39, 0.29) is 0 Å². The largest absolute Gasteiger partial charge is 0.347 e. The van der Waals surface area contributed by atoms with Crippen LogP contribution in [0.3, 0.4) is 0 Å². The van der Waals surface area contributed by atoms with Crippen molar-refractivity contribution in [1.29, 1.82) is 0 Å². The number of benzene rings is 1. The molecule has 2 rings (SSSR count). The molecule has 0 bridgehead atoms. The number of hydrogen-bond donors (Lipinski definition) is 0. The van der Waals surface area contributed by atoms with E-state index in [1.165, 1.54) is 42.1 Å². The third-order valence-electron chi connectivity index (χ3n) is 3.50. The molecular weight excluding hydrogens is 206 g/mol. The van der Waals surface area contributed by atoms with E-state index in [0.29, 0.717) is 0 Å². The van der Waals surface area contributed by atoms with Gasteiger partial charge in [-0.05, 0) is 42.0 Å². The second-order valence-electron chi connectivity index (χ2n) is 4.82. The molecule has 0 aliphatic carbocycles. The second kappa shape index (κ2) is 5.90. The van der Waals surface area contributed by atoms with E-state index >= 15 is 0 Å². The van der Waals surface area contributed by atoms with Crippen LogP contribution in [-0.2, 0) is 13.0 Å². The molecule has 1 aromatic carbocycles. The zero-order valence-electron chi connectivity index (χ0n) is 11.1. The van der Waals surface area contributed by atoms with Crippen molar-refractivity contribution >= 4 is 10.9 Å². The fraction of sp³-hybridized carbons (Fsp3) is 0.500. The zero-order valence-corrected chi connectivity index (χ0v) is 11.1. The van der Waals surface area contributed by atoms with Crippen molar-refractivity contribution in [3.05, 3.63) is 36.0 Å². The van der Waals surface area contributed by atoms with Crippen molar-refractivity contribution in [2.24, 2.45) is 0 Å². The molecular formula is C16H23N. The average Bonchev–Trinajstić information content (AvgIpc) is 2.77. The predicted octanol–water partition coefficient (Wildman–Crippen LogP) is 4.78. The van der Waals surface area contributed by atoms with Crippen LogP contribution in [0.4, 0.5) is 0 Å². The molecule has 1 heterocycles. The lowest BCUT2D eigenvalue weighted by Gasteiger charge is -2.05. The molecule has 2 aromatic rings. The van der Waals surface area contributed by atoms with Gasteiger partial charge in [-0.1, -0.05) is 39.2 Å². The van der Waals surface area contributed by atoms with E-state index in [1.54, 1.807) is 0 Å². The van der Waals surface area contributed by atoms with Crippen molar-refractivity contribution in [2.75, 3.05) is 0 Å². The smallest absolute Gasteiger partial charge is 0.0480 e.